The standard InChI is InChI=1S/C14H22N4/c1-5-8-14(4,15)13-17-11-7-6-9-16-12(11)18(13)10(2)3/h6-7,9-10H,5,8,15H2,1-4H3. The molecule has 18 heavy (non-hydrogen) atoms. The minimum Gasteiger partial charge on any atom is -0.319 e. The normalized spacial score (nSPS) is 15.2. The lowest BCUT2D eigenvalue weighted by Gasteiger charge is -2.26. The zero-order chi connectivity index (χ0) is 13.3. The predicted octanol–water partition coefficient (Wildman–Crippen LogP) is 2.99. The summed E-state index contributed by atoms with van der Waals surface area (Å²) in [5, 5.41) is 0. The first-order valence-corrected chi connectivity index (χ1v) is 6.59. The molecule has 1 unspecified atom stereocenters. The molecule has 4 heteroatoms. The Morgan fingerprint density at radius 3 is 2.78 bits per heavy atom. The highest BCUT2D eigenvalue weighted by Gasteiger charge is 2.28. The van der Waals surface area contributed by atoms with Crippen LogP contribution in [0.5, 0.6) is 0 Å². The Bertz CT molecular complexity index is 540. The van der Waals surface area contributed by atoms with Crippen molar-refractivity contribution in [3.8, 4) is 0 Å². The summed E-state index contributed by atoms with van der Waals surface area (Å²) >= 11 is 0. The highest BCUT2D eigenvalue weighted by molar-refractivity contribution is 5.71. The first-order chi connectivity index (χ1) is 8.47. The smallest absolute Gasteiger partial charge is 0.160 e. The molecule has 1 atom stereocenters. The van der Waals surface area contributed by atoms with E-state index in [1.807, 2.05) is 12.1 Å². The molecule has 0 aliphatic heterocycles. The van der Waals surface area contributed by atoms with E-state index in [1.165, 1.54) is 0 Å². The highest BCUT2D eigenvalue weighted by atomic mass is 15.2. The molecule has 0 aliphatic rings. The fourth-order valence-corrected chi connectivity index (χ4v) is 2.45. The Hall–Kier alpha value is -1.42. The molecule has 0 spiro atoms. The summed E-state index contributed by atoms with van der Waals surface area (Å²) in [6, 6.07) is 4.21. The second kappa shape index (κ2) is 4.69. The van der Waals surface area contributed by atoms with E-state index in [1.54, 1.807) is 6.20 Å². The summed E-state index contributed by atoms with van der Waals surface area (Å²) < 4.78 is 2.16. The van der Waals surface area contributed by atoms with Crippen molar-refractivity contribution >= 4 is 11.2 Å². The van der Waals surface area contributed by atoms with Crippen molar-refractivity contribution in [1.29, 1.82) is 0 Å². The SMILES string of the molecule is CCCC(C)(N)c1nc2cccnc2n1C(C)C. The zero-order valence-electron chi connectivity index (χ0n) is 11.6. The second-order valence-electron chi connectivity index (χ2n) is 5.41. The molecule has 2 aromatic heterocycles. The Balaban J connectivity index is 2.66. The summed E-state index contributed by atoms with van der Waals surface area (Å²) in [4.78, 5) is 9.14. The van der Waals surface area contributed by atoms with Crippen molar-refractivity contribution in [2.24, 2.45) is 5.73 Å². The third-order valence-electron chi connectivity index (χ3n) is 3.25. The van der Waals surface area contributed by atoms with Crippen LogP contribution in [0.4, 0.5) is 0 Å². The molecule has 0 bridgehead atoms. The third kappa shape index (κ3) is 2.12. The first-order valence-electron chi connectivity index (χ1n) is 6.59. The first kappa shape index (κ1) is 13.0. The van der Waals surface area contributed by atoms with Gasteiger partial charge in [0.25, 0.3) is 0 Å². The molecular weight excluding hydrogens is 224 g/mol. The van der Waals surface area contributed by atoms with E-state index in [4.69, 9.17) is 10.7 Å². The van der Waals surface area contributed by atoms with Gasteiger partial charge in [-0.1, -0.05) is 13.3 Å². The van der Waals surface area contributed by atoms with E-state index in [2.05, 4.69) is 37.2 Å². The average molecular weight is 246 g/mol. The van der Waals surface area contributed by atoms with Gasteiger partial charge in [0.15, 0.2) is 5.65 Å². The number of nitrogens with zero attached hydrogens (tertiary/aromatic N) is 3. The van der Waals surface area contributed by atoms with Gasteiger partial charge in [-0.05, 0) is 39.3 Å². The van der Waals surface area contributed by atoms with Crippen LogP contribution in [0.3, 0.4) is 0 Å². The maximum atomic E-state index is 6.44. The van der Waals surface area contributed by atoms with E-state index in [9.17, 15) is 0 Å². The second-order valence-corrected chi connectivity index (χ2v) is 5.41. The minimum atomic E-state index is -0.403. The number of pyridine rings is 1. The van der Waals surface area contributed by atoms with Crippen LogP contribution in [0, 0.1) is 0 Å². The molecule has 0 amide bonds. The van der Waals surface area contributed by atoms with Crippen LogP contribution in [-0.2, 0) is 5.54 Å². The van der Waals surface area contributed by atoms with Crippen molar-refractivity contribution < 1.29 is 0 Å². The van der Waals surface area contributed by atoms with Gasteiger partial charge in [0.2, 0.25) is 0 Å². The number of hydrogen-bond donors (Lipinski definition) is 1. The van der Waals surface area contributed by atoms with Crippen molar-refractivity contribution in [3.05, 3.63) is 24.2 Å². The molecular formula is C14H22N4. The summed E-state index contributed by atoms with van der Waals surface area (Å²) in [7, 11) is 0. The van der Waals surface area contributed by atoms with Crippen LogP contribution in [0.2, 0.25) is 0 Å². The van der Waals surface area contributed by atoms with E-state index in [-0.39, 0.29) is 0 Å². The Morgan fingerprint density at radius 2 is 2.17 bits per heavy atom. The van der Waals surface area contributed by atoms with Gasteiger partial charge in [0.05, 0.1) is 5.54 Å². The number of fused-ring (bicyclic) bond motifs is 1. The highest BCUT2D eigenvalue weighted by Crippen LogP contribution is 2.28. The fraction of sp³-hybridized carbons (Fsp3) is 0.571. The van der Waals surface area contributed by atoms with Gasteiger partial charge < -0.3 is 10.3 Å². The monoisotopic (exact) mass is 246 g/mol. The van der Waals surface area contributed by atoms with Crippen LogP contribution in [-0.4, -0.2) is 14.5 Å². The van der Waals surface area contributed by atoms with Crippen molar-refractivity contribution in [3.63, 3.8) is 0 Å². The number of aromatic nitrogens is 3. The molecule has 4 nitrogen and oxygen atoms in total. The van der Waals surface area contributed by atoms with Gasteiger partial charge in [-0.15, -0.1) is 0 Å². The van der Waals surface area contributed by atoms with Gasteiger partial charge >= 0.3 is 0 Å². The lowest BCUT2D eigenvalue weighted by molar-refractivity contribution is 0.389. The Labute approximate surface area is 108 Å². The van der Waals surface area contributed by atoms with Gasteiger partial charge in [-0.3, -0.25) is 0 Å². The summed E-state index contributed by atoms with van der Waals surface area (Å²) in [5.74, 6) is 0.938. The Kier molecular flexibility index (Phi) is 3.39. The quantitative estimate of drug-likeness (QED) is 0.902. The summed E-state index contributed by atoms with van der Waals surface area (Å²) in [6.07, 6.45) is 3.77. The van der Waals surface area contributed by atoms with Crippen LogP contribution in [0.25, 0.3) is 11.2 Å². The fourth-order valence-electron chi connectivity index (χ4n) is 2.45. The third-order valence-corrected chi connectivity index (χ3v) is 3.25. The number of rotatable bonds is 4. The van der Waals surface area contributed by atoms with Gasteiger partial charge in [-0.25, -0.2) is 9.97 Å². The average Bonchev–Trinajstić information content (AvgIpc) is 2.68. The molecule has 0 saturated heterocycles. The maximum Gasteiger partial charge on any atom is 0.160 e. The van der Waals surface area contributed by atoms with E-state index < -0.39 is 5.54 Å². The molecule has 2 heterocycles. The molecule has 0 aliphatic carbocycles. The summed E-state index contributed by atoms with van der Waals surface area (Å²) in [6.45, 7) is 8.48. The molecule has 0 aromatic carbocycles. The van der Waals surface area contributed by atoms with Gasteiger partial charge in [0.1, 0.15) is 11.3 Å². The van der Waals surface area contributed by atoms with E-state index >= 15 is 0 Å². The van der Waals surface area contributed by atoms with E-state index in [0.717, 1.165) is 29.8 Å². The molecule has 2 rings (SSSR count). The molecule has 0 saturated carbocycles. The largest absolute Gasteiger partial charge is 0.319 e. The number of imidazole rings is 1. The van der Waals surface area contributed by atoms with Gasteiger partial charge in [0, 0.05) is 12.2 Å². The minimum absolute atomic E-state index is 0.305. The van der Waals surface area contributed by atoms with Gasteiger partial charge in [-0.2, -0.15) is 0 Å². The topological polar surface area (TPSA) is 56.7 Å². The summed E-state index contributed by atoms with van der Waals surface area (Å²) in [5.41, 5.74) is 7.89. The maximum absolute atomic E-state index is 6.44. The number of hydrogen-bond acceptors (Lipinski definition) is 3. The van der Waals surface area contributed by atoms with Crippen molar-refractivity contribution in [2.45, 2.75) is 52.1 Å². The van der Waals surface area contributed by atoms with E-state index in [0.29, 0.717) is 6.04 Å². The number of nitrogens with two attached hydrogens (primary N) is 1. The van der Waals surface area contributed by atoms with Crippen LogP contribution in [0.15, 0.2) is 18.3 Å². The molecule has 2 aromatic rings. The Morgan fingerprint density at radius 1 is 1.44 bits per heavy atom. The lowest BCUT2D eigenvalue weighted by Crippen LogP contribution is -2.36. The molecule has 2 N–H and O–H groups in total. The molecule has 98 valence electrons. The van der Waals surface area contributed by atoms with Crippen LogP contribution < -0.4 is 5.73 Å². The van der Waals surface area contributed by atoms with Crippen LogP contribution >= 0.6 is 0 Å². The predicted molar refractivity (Wildman–Crippen MR) is 74.4 cm³/mol. The lowest BCUT2D eigenvalue weighted by atomic mass is 9.96. The molecule has 0 fully saturated rings. The zero-order valence-corrected chi connectivity index (χ0v) is 11.6. The van der Waals surface area contributed by atoms with Crippen molar-refractivity contribution in [1.82, 2.24) is 14.5 Å². The van der Waals surface area contributed by atoms with Crippen molar-refractivity contribution in [2.75, 3.05) is 0 Å². The van der Waals surface area contributed by atoms with Crippen LogP contribution in [0.1, 0.15) is 52.4 Å². The molecule has 0 radical (unpaired) electrons.